The zero-order valence-electron chi connectivity index (χ0n) is 16.5. The largest absolute Gasteiger partial charge is 0.507 e. The Bertz CT molecular complexity index is 1280. The lowest BCUT2D eigenvalue weighted by atomic mass is 9.99. The van der Waals surface area contributed by atoms with Gasteiger partial charge in [0.25, 0.3) is 0 Å². The third-order valence-electron chi connectivity index (χ3n) is 5.11. The fourth-order valence-electron chi connectivity index (χ4n) is 3.41. The van der Waals surface area contributed by atoms with Crippen molar-refractivity contribution in [3.8, 4) is 34.3 Å². The van der Waals surface area contributed by atoms with Gasteiger partial charge in [-0.25, -0.2) is 4.79 Å². The van der Waals surface area contributed by atoms with Crippen molar-refractivity contribution in [1.29, 1.82) is 0 Å². The van der Waals surface area contributed by atoms with Gasteiger partial charge >= 0.3 is 5.97 Å². The number of aromatic hydroxyl groups is 3. The van der Waals surface area contributed by atoms with Crippen LogP contribution in [0.25, 0.3) is 22.3 Å². The molecule has 2 heterocycles. The smallest absolute Gasteiger partial charge is 0.335 e. The maximum Gasteiger partial charge on any atom is 0.335 e. The fourth-order valence-corrected chi connectivity index (χ4v) is 3.41. The number of aliphatic carboxylic acids is 1. The van der Waals surface area contributed by atoms with Crippen molar-refractivity contribution in [3.63, 3.8) is 0 Å². The van der Waals surface area contributed by atoms with Crippen LogP contribution in [0, 0.1) is 0 Å². The van der Waals surface area contributed by atoms with Gasteiger partial charge in [0.05, 0.1) is 0 Å². The normalized spacial score (nSPS) is 25.1. The molecule has 0 amide bonds. The van der Waals surface area contributed by atoms with Crippen LogP contribution in [0.15, 0.2) is 45.6 Å². The molecular formula is C21H18O12. The highest BCUT2D eigenvalue weighted by atomic mass is 16.7. The number of carboxylic acid groups (broad SMARTS) is 1. The molecule has 1 aliphatic heterocycles. The highest BCUT2D eigenvalue weighted by Gasteiger charge is 2.48. The first kappa shape index (κ1) is 22.4. The summed E-state index contributed by atoms with van der Waals surface area (Å²) < 4.78 is 16.0. The van der Waals surface area contributed by atoms with Crippen LogP contribution in [0.2, 0.25) is 0 Å². The monoisotopic (exact) mass is 462 g/mol. The molecule has 1 aliphatic rings. The number of ether oxygens (including phenoxy) is 2. The van der Waals surface area contributed by atoms with Gasteiger partial charge < -0.3 is 49.6 Å². The second-order valence-corrected chi connectivity index (χ2v) is 7.35. The molecule has 4 rings (SSSR count). The van der Waals surface area contributed by atoms with Crippen molar-refractivity contribution >= 4 is 16.9 Å². The molecule has 2 aromatic carbocycles. The van der Waals surface area contributed by atoms with Gasteiger partial charge in [0.15, 0.2) is 23.0 Å². The lowest BCUT2D eigenvalue weighted by molar-refractivity contribution is -0.271. The Labute approximate surface area is 183 Å². The Hall–Kier alpha value is -3.84. The molecule has 0 saturated carbocycles. The maximum absolute atomic E-state index is 12.5. The molecule has 0 aliphatic carbocycles. The maximum atomic E-state index is 12.5. The van der Waals surface area contributed by atoms with E-state index >= 15 is 0 Å². The van der Waals surface area contributed by atoms with E-state index in [1.54, 1.807) is 0 Å². The van der Waals surface area contributed by atoms with Crippen molar-refractivity contribution in [2.24, 2.45) is 0 Å². The highest BCUT2D eigenvalue weighted by Crippen LogP contribution is 2.35. The average molecular weight is 462 g/mol. The molecule has 1 fully saturated rings. The molecule has 1 aromatic heterocycles. The van der Waals surface area contributed by atoms with Crippen LogP contribution < -0.4 is 10.2 Å². The fraction of sp³-hybridized carbons (Fsp3) is 0.238. The first-order chi connectivity index (χ1) is 15.6. The molecular weight excluding hydrogens is 444 g/mol. The van der Waals surface area contributed by atoms with Gasteiger partial charge in [-0.1, -0.05) is 0 Å². The summed E-state index contributed by atoms with van der Waals surface area (Å²) in [4.78, 5) is 23.8. The molecule has 3 aromatic rings. The second-order valence-electron chi connectivity index (χ2n) is 7.35. The molecule has 1 unspecified atom stereocenters. The molecule has 174 valence electrons. The Morgan fingerprint density at radius 3 is 2.27 bits per heavy atom. The molecule has 12 nitrogen and oxygen atoms in total. The molecule has 12 heteroatoms. The van der Waals surface area contributed by atoms with E-state index in [4.69, 9.17) is 19.0 Å². The van der Waals surface area contributed by atoms with Crippen LogP contribution in [0.4, 0.5) is 0 Å². The number of aliphatic hydroxyl groups is 3. The number of fused-ring (bicyclic) bond motifs is 1. The van der Waals surface area contributed by atoms with Gasteiger partial charge in [-0.15, -0.1) is 0 Å². The van der Waals surface area contributed by atoms with E-state index in [-0.39, 0.29) is 33.8 Å². The Morgan fingerprint density at radius 1 is 0.879 bits per heavy atom. The standard InChI is InChI=1S/C21H18O12/c22-9-2-1-7(3-10(9)23)13-6-12(25)15-11(24)4-8(5-14(15)32-13)31-21-18(28)16(26)17(27)19(33-21)20(29)30/h1-6,16-19,21-24,26-28H,(H,29,30)/t16-,17-,18+,19-,21?/m0/s1. The van der Waals surface area contributed by atoms with Gasteiger partial charge in [-0.2, -0.15) is 0 Å². The quantitative estimate of drug-likeness (QED) is 0.253. The van der Waals surface area contributed by atoms with Gasteiger partial charge in [-0.05, 0) is 18.2 Å². The molecule has 0 radical (unpaired) electrons. The number of hydrogen-bond donors (Lipinski definition) is 7. The van der Waals surface area contributed by atoms with Crippen LogP contribution in [0.3, 0.4) is 0 Å². The van der Waals surface area contributed by atoms with E-state index in [1.165, 1.54) is 12.1 Å². The van der Waals surface area contributed by atoms with Gasteiger partial charge in [0, 0.05) is 23.8 Å². The van der Waals surface area contributed by atoms with E-state index in [1.807, 2.05) is 0 Å². The number of phenols is 3. The summed E-state index contributed by atoms with van der Waals surface area (Å²) >= 11 is 0. The third-order valence-corrected chi connectivity index (χ3v) is 5.11. The minimum absolute atomic E-state index is 0.0159. The molecule has 0 spiro atoms. The second kappa shape index (κ2) is 8.26. The Morgan fingerprint density at radius 2 is 1.61 bits per heavy atom. The van der Waals surface area contributed by atoms with E-state index in [0.717, 1.165) is 24.3 Å². The molecule has 5 atom stereocenters. The number of phenolic OH excluding ortho intramolecular Hbond substituents is 3. The summed E-state index contributed by atoms with van der Waals surface area (Å²) in [5.74, 6) is -3.22. The van der Waals surface area contributed by atoms with Crippen molar-refractivity contribution in [1.82, 2.24) is 0 Å². The predicted molar refractivity (Wildman–Crippen MR) is 108 cm³/mol. The topological polar surface area (TPSA) is 207 Å². The zero-order chi connectivity index (χ0) is 24.0. The summed E-state index contributed by atoms with van der Waals surface area (Å²) in [5, 5.41) is 68.2. The lowest BCUT2D eigenvalue weighted by Gasteiger charge is -2.38. The van der Waals surface area contributed by atoms with Crippen molar-refractivity contribution in [3.05, 3.63) is 46.6 Å². The molecule has 33 heavy (non-hydrogen) atoms. The van der Waals surface area contributed by atoms with Gasteiger partial charge in [0.1, 0.15) is 46.5 Å². The van der Waals surface area contributed by atoms with E-state index in [2.05, 4.69) is 0 Å². The Balaban J connectivity index is 1.72. The van der Waals surface area contributed by atoms with Crippen LogP contribution in [-0.4, -0.2) is 72.4 Å². The minimum Gasteiger partial charge on any atom is -0.507 e. The SMILES string of the molecule is O=C(O)[C@H]1OC(Oc2cc(O)c3c(=O)cc(-c4ccc(O)c(O)c4)oc3c2)[C@H](O)[C@@H](O)[C@@H]1O. The summed E-state index contributed by atoms with van der Waals surface area (Å²) in [7, 11) is 0. The van der Waals surface area contributed by atoms with Gasteiger partial charge in [-0.3, -0.25) is 4.79 Å². The summed E-state index contributed by atoms with van der Waals surface area (Å²) in [5.41, 5.74) is -0.565. The molecule has 7 N–H and O–H groups in total. The van der Waals surface area contributed by atoms with E-state index in [0.29, 0.717) is 0 Å². The number of aliphatic hydroxyl groups excluding tert-OH is 3. The number of carboxylic acids is 1. The Kier molecular flexibility index (Phi) is 5.59. The average Bonchev–Trinajstić information content (AvgIpc) is 2.75. The van der Waals surface area contributed by atoms with E-state index < -0.39 is 53.6 Å². The number of rotatable bonds is 4. The van der Waals surface area contributed by atoms with Gasteiger partial charge in [0.2, 0.25) is 6.29 Å². The number of carbonyl (C=O) groups is 1. The summed E-state index contributed by atoms with van der Waals surface area (Å²) in [6.45, 7) is 0. The van der Waals surface area contributed by atoms with Crippen molar-refractivity contribution in [2.45, 2.75) is 30.7 Å². The number of hydrogen-bond acceptors (Lipinski definition) is 11. The lowest BCUT2D eigenvalue weighted by Crippen LogP contribution is -2.61. The predicted octanol–water partition coefficient (Wildman–Crippen LogP) is -0.152. The minimum atomic E-state index is -1.91. The molecule has 1 saturated heterocycles. The van der Waals surface area contributed by atoms with Crippen LogP contribution >= 0.6 is 0 Å². The van der Waals surface area contributed by atoms with Crippen LogP contribution in [0.1, 0.15) is 0 Å². The summed E-state index contributed by atoms with van der Waals surface area (Å²) in [6.07, 6.45) is -9.29. The van der Waals surface area contributed by atoms with Crippen LogP contribution in [0.5, 0.6) is 23.0 Å². The highest BCUT2D eigenvalue weighted by molar-refractivity contribution is 5.86. The zero-order valence-corrected chi connectivity index (χ0v) is 16.5. The number of benzene rings is 2. The first-order valence-corrected chi connectivity index (χ1v) is 9.49. The third kappa shape index (κ3) is 4.03. The van der Waals surface area contributed by atoms with E-state index in [9.17, 15) is 40.2 Å². The first-order valence-electron chi connectivity index (χ1n) is 9.49. The van der Waals surface area contributed by atoms with Crippen LogP contribution in [-0.2, 0) is 9.53 Å². The molecule has 0 bridgehead atoms. The van der Waals surface area contributed by atoms with Crippen molar-refractivity contribution in [2.75, 3.05) is 0 Å². The van der Waals surface area contributed by atoms with Crippen molar-refractivity contribution < 1.29 is 54.4 Å². The summed E-state index contributed by atoms with van der Waals surface area (Å²) in [6, 6.07) is 6.94.